The quantitative estimate of drug-likeness (QED) is 0.564. The summed E-state index contributed by atoms with van der Waals surface area (Å²) in [7, 11) is 0. The summed E-state index contributed by atoms with van der Waals surface area (Å²) >= 11 is 8.91. The van der Waals surface area contributed by atoms with E-state index in [1.165, 1.54) is 5.39 Å². The lowest BCUT2D eigenvalue weighted by Crippen LogP contribution is -2.19. The first-order valence-corrected chi connectivity index (χ1v) is 8.15. The molecule has 0 unspecified atom stereocenters. The van der Waals surface area contributed by atoms with Gasteiger partial charge >= 0.3 is 0 Å². The molecule has 0 aromatic heterocycles. The van der Waals surface area contributed by atoms with Crippen LogP contribution in [0.4, 0.5) is 11.4 Å². The van der Waals surface area contributed by atoms with E-state index in [9.17, 15) is 0 Å². The molecule has 0 fully saturated rings. The molecule has 110 valence electrons. The first kappa shape index (κ1) is 15.0. The topological polar surface area (TPSA) is 24.1 Å². The van der Waals surface area contributed by atoms with E-state index >= 15 is 0 Å². The smallest absolute Gasteiger partial charge is 0.175 e. The highest BCUT2D eigenvalue weighted by Gasteiger charge is 2.05. The van der Waals surface area contributed by atoms with Crippen LogP contribution in [0.1, 0.15) is 5.56 Å². The van der Waals surface area contributed by atoms with E-state index in [4.69, 9.17) is 12.2 Å². The largest absolute Gasteiger partial charge is 0.332 e. The van der Waals surface area contributed by atoms with Crippen LogP contribution < -0.4 is 10.6 Å². The zero-order valence-electron chi connectivity index (χ0n) is 12.1. The van der Waals surface area contributed by atoms with Crippen molar-refractivity contribution in [2.24, 2.45) is 0 Å². The molecule has 2 nitrogen and oxygen atoms in total. The Bertz CT molecular complexity index is 840. The highest BCUT2D eigenvalue weighted by molar-refractivity contribution is 9.10. The Kier molecular flexibility index (Phi) is 4.41. The van der Waals surface area contributed by atoms with E-state index in [2.05, 4.69) is 50.8 Å². The lowest BCUT2D eigenvalue weighted by molar-refractivity contribution is 1.44. The molecule has 0 spiro atoms. The molecule has 0 radical (unpaired) electrons. The van der Waals surface area contributed by atoms with E-state index in [0.29, 0.717) is 5.11 Å². The molecule has 3 aromatic rings. The lowest BCUT2D eigenvalue weighted by atomic mass is 10.1. The third-order valence-electron chi connectivity index (χ3n) is 3.47. The molecule has 3 aromatic carbocycles. The minimum absolute atomic E-state index is 0.585. The highest BCUT2D eigenvalue weighted by atomic mass is 79.9. The SMILES string of the molecule is Cc1cc(Br)ccc1NC(=S)Nc1cccc2ccccc12. The number of aryl methyl sites for hydroxylation is 1. The molecular weight excluding hydrogens is 356 g/mol. The van der Waals surface area contributed by atoms with Crippen LogP contribution in [0.15, 0.2) is 65.1 Å². The third-order valence-corrected chi connectivity index (χ3v) is 4.17. The molecule has 0 saturated carbocycles. The Morgan fingerprint density at radius 1 is 0.909 bits per heavy atom. The van der Waals surface area contributed by atoms with Gasteiger partial charge in [0.1, 0.15) is 0 Å². The van der Waals surface area contributed by atoms with E-state index in [0.717, 1.165) is 26.8 Å². The van der Waals surface area contributed by atoms with E-state index < -0.39 is 0 Å². The normalized spacial score (nSPS) is 10.5. The fraction of sp³-hybridized carbons (Fsp3) is 0.0556. The van der Waals surface area contributed by atoms with Crippen molar-refractivity contribution in [1.29, 1.82) is 0 Å². The molecule has 0 aliphatic carbocycles. The van der Waals surface area contributed by atoms with Crippen LogP contribution in [0.25, 0.3) is 10.8 Å². The van der Waals surface area contributed by atoms with Crippen LogP contribution in [0, 0.1) is 6.92 Å². The summed E-state index contributed by atoms with van der Waals surface area (Å²) < 4.78 is 1.06. The van der Waals surface area contributed by atoms with Gasteiger partial charge in [-0.25, -0.2) is 0 Å². The molecule has 2 N–H and O–H groups in total. The average Bonchev–Trinajstić information content (AvgIpc) is 2.50. The molecule has 0 saturated heterocycles. The highest BCUT2D eigenvalue weighted by Crippen LogP contribution is 2.24. The molecule has 0 heterocycles. The molecular formula is C18H15BrN2S. The maximum absolute atomic E-state index is 5.44. The van der Waals surface area contributed by atoms with Crippen molar-refractivity contribution in [3.8, 4) is 0 Å². The molecule has 0 atom stereocenters. The van der Waals surface area contributed by atoms with Crippen molar-refractivity contribution in [3.05, 3.63) is 70.7 Å². The molecule has 0 aliphatic heterocycles. The van der Waals surface area contributed by atoms with Crippen molar-refractivity contribution in [2.45, 2.75) is 6.92 Å². The Hall–Kier alpha value is -1.91. The summed E-state index contributed by atoms with van der Waals surface area (Å²) in [5.74, 6) is 0. The van der Waals surface area contributed by atoms with Crippen molar-refractivity contribution in [1.82, 2.24) is 0 Å². The number of hydrogen-bond acceptors (Lipinski definition) is 1. The van der Waals surface area contributed by atoms with Gasteiger partial charge in [0.15, 0.2) is 5.11 Å². The van der Waals surface area contributed by atoms with Gasteiger partial charge in [-0.1, -0.05) is 52.3 Å². The summed E-state index contributed by atoms with van der Waals surface area (Å²) in [4.78, 5) is 0. The minimum Gasteiger partial charge on any atom is -0.332 e. The van der Waals surface area contributed by atoms with Crippen molar-refractivity contribution in [2.75, 3.05) is 10.6 Å². The van der Waals surface area contributed by atoms with Gasteiger partial charge in [0.05, 0.1) is 0 Å². The Morgan fingerprint density at radius 2 is 1.64 bits per heavy atom. The fourth-order valence-electron chi connectivity index (χ4n) is 2.38. The maximum atomic E-state index is 5.44. The molecule has 3 rings (SSSR count). The van der Waals surface area contributed by atoms with Gasteiger partial charge in [-0.3, -0.25) is 0 Å². The molecule has 0 bridgehead atoms. The number of anilines is 2. The number of nitrogens with one attached hydrogen (secondary N) is 2. The zero-order valence-corrected chi connectivity index (χ0v) is 14.5. The van der Waals surface area contributed by atoms with E-state index in [1.54, 1.807) is 0 Å². The summed E-state index contributed by atoms with van der Waals surface area (Å²) in [5.41, 5.74) is 3.14. The predicted octanol–water partition coefficient (Wildman–Crippen LogP) is 5.72. The molecule has 0 aliphatic rings. The second-order valence-electron chi connectivity index (χ2n) is 5.07. The Morgan fingerprint density at radius 3 is 2.45 bits per heavy atom. The number of halogens is 1. The number of rotatable bonds is 2. The summed E-state index contributed by atoms with van der Waals surface area (Å²) in [6.07, 6.45) is 0. The third kappa shape index (κ3) is 3.29. The summed E-state index contributed by atoms with van der Waals surface area (Å²) in [6, 6.07) is 20.5. The maximum Gasteiger partial charge on any atom is 0.175 e. The zero-order chi connectivity index (χ0) is 15.5. The van der Waals surface area contributed by atoms with E-state index in [1.807, 2.05) is 43.3 Å². The summed E-state index contributed by atoms with van der Waals surface area (Å²) in [5, 5.41) is 9.46. The molecule has 4 heteroatoms. The number of benzene rings is 3. The average molecular weight is 371 g/mol. The standard InChI is InChI=1S/C18H15BrN2S/c1-12-11-14(19)9-10-16(12)20-18(22)21-17-8-4-6-13-5-2-3-7-15(13)17/h2-11H,1H3,(H2,20,21,22). The van der Waals surface area contributed by atoms with Gasteiger partial charge < -0.3 is 10.6 Å². The molecule has 0 amide bonds. The van der Waals surface area contributed by atoms with Crippen LogP contribution in [0.3, 0.4) is 0 Å². The van der Waals surface area contributed by atoms with Crippen LogP contribution in [0.5, 0.6) is 0 Å². The van der Waals surface area contributed by atoms with Crippen molar-refractivity contribution >= 4 is 55.4 Å². The van der Waals surface area contributed by atoms with Crippen molar-refractivity contribution in [3.63, 3.8) is 0 Å². The van der Waals surface area contributed by atoms with Crippen molar-refractivity contribution < 1.29 is 0 Å². The Labute approximate surface area is 143 Å². The van der Waals surface area contributed by atoms with Gasteiger partial charge in [0.2, 0.25) is 0 Å². The summed E-state index contributed by atoms with van der Waals surface area (Å²) in [6.45, 7) is 2.05. The molecule has 22 heavy (non-hydrogen) atoms. The van der Waals surface area contributed by atoms with E-state index in [-0.39, 0.29) is 0 Å². The Balaban J connectivity index is 1.81. The van der Waals surface area contributed by atoms with Crippen LogP contribution in [0.2, 0.25) is 0 Å². The second kappa shape index (κ2) is 6.46. The lowest BCUT2D eigenvalue weighted by Gasteiger charge is -2.14. The van der Waals surface area contributed by atoms with Gasteiger partial charge in [0.25, 0.3) is 0 Å². The monoisotopic (exact) mass is 370 g/mol. The van der Waals surface area contributed by atoms with Gasteiger partial charge in [-0.2, -0.15) is 0 Å². The number of hydrogen-bond donors (Lipinski definition) is 2. The van der Waals surface area contributed by atoms with Gasteiger partial charge in [0, 0.05) is 21.2 Å². The minimum atomic E-state index is 0.585. The predicted molar refractivity (Wildman–Crippen MR) is 103 cm³/mol. The number of thiocarbonyl (C=S) groups is 1. The van der Waals surface area contributed by atoms with Crippen LogP contribution >= 0.6 is 28.1 Å². The van der Waals surface area contributed by atoms with Crippen LogP contribution in [-0.2, 0) is 0 Å². The van der Waals surface area contributed by atoms with Crippen LogP contribution in [-0.4, -0.2) is 5.11 Å². The van der Waals surface area contributed by atoms with Gasteiger partial charge in [-0.15, -0.1) is 0 Å². The second-order valence-corrected chi connectivity index (χ2v) is 6.39. The number of fused-ring (bicyclic) bond motifs is 1. The first-order chi connectivity index (χ1) is 10.6. The first-order valence-electron chi connectivity index (χ1n) is 6.95. The van der Waals surface area contributed by atoms with Gasteiger partial charge in [-0.05, 0) is 54.4 Å². The fourth-order valence-corrected chi connectivity index (χ4v) is 3.07.